The first-order valence-corrected chi connectivity index (χ1v) is 3.05. The number of aliphatic carboxylic acids is 1. The Morgan fingerprint density at radius 2 is 2.00 bits per heavy atom. The summed E-state index contributed by atoms with van der Waals surface area (Å²) in [6.45, 7) is 3.25. The topological polar surface area (TPSA) is 63.6 Å². The number of carboxylic acids is 1. The smallest absolute Gasteiger partial charge is 0.330 e. The minimum atomic E-state index is -1.08. The molecule has 4 nitrogen and oxygen atoms in total. The molecule has 1 N–H and O–H groups in total. The molecule has 0 rings (SSSR count). The van der Waals surface area contributed by atoms with Crippen molar-refractivity contribution >= 4 is 11.9 Å². The minimum absolute atomic E-state index is 0.0235. The van der Waals surface area contributed by atoms with E-state index < -0.39 is 11.9 Å². The van der Waals surface area contributed by atoms with E-state index in [1.165, 1.54) is 7.11 Å². The summed E-state index contributed by atoms with van der Waals surface area (Å²) in [6, 6.07) is 0. The van der Waals surface area contributed by atoms with Crippen LogP contribution in [-0.2, 0) is 14.3 Å². The first-order valence-electron chi connectivity index (χ1n) is 3.05. The summed E-state index contributed by atoms with van der Waals surface area (Å²) in [5.74, 6) is -1.50. The van der Waals surface area contributed by atoms with E-state index in [1.807, 2.05) is 0 Å². The van der Waals surface area contributed by atoms with E-state index in [4.69, 9.17) is 5.11 Å². The van der Waals surface area contributed by atoms with Gasteiger partial charge < -0.3 is 9.84 Å². The van der Waals surface area contributed by atoms with Crippen molar-refractivity contribution in [1.29, 1.82) is 0 Å². The third kappa shape index (κ3) is 4.13. The molecule has 0 unspecified atom stereocenters. The number of esters is 1. The predicted molar refractivity (Wildman–Crippen MR) is 38.0 cm³/mol. The van der Waals surface area contributed by atoms with E-state index in [0.717, 1.165) is 0 Å². The first-order chi connectivity index (χ1) is 5.07. The molecule has 0 spiro atoms. The average molecular weight is 158 g/mol. The molecule has 0 aromatic heterocycles. The largest absolute Gasteiger partial charge is 0.478 e. The molecule has 0 aliphatic rings. The van der Waals surface area contributed by atoms with Crippen LogP contribution in [0.1, 0.15) is 12.8 Å². The van der Waals surface area contributed by atoms with Gasteiger partial charge in [0.25, 0.3) is 0 Å². The van der Waals surface area contributed by atoms with Gasteiger partial charge in [0.2, 0.25) is 0 Å². The molecule has 0 bridgehead atoms. The Kier molecular flexibility index (Phi) is 3.95. The molecule has 4 heteroatoms. The average Bonchev–Trinajstić information content (AvgIpc) is 1.99. The Morgan fingerprint density at radius 1 is 1.45 bits per heavy atom. The van der Waals surface area contributed by atoms with Crippen LogP contribution >= 0.6 is 0 Å². The van der Waals surface area contributed by atoms with Gasteiger partial charge in [0.05, 0.1) is 7.11 Å². The molecule has 62 valence electrons. The Bertz CT molecular complexity index is 183. The second-order valence-electron chi connectivity index (χ2n) is 1.98. The number of hydrogen-bond acceptors (Lipinski definition) is 3. The zero-order valence-corrected chi connectivity index (χ0v) is 6.29. The van der Waals surface area contributed by atoms with Gasteiger partial charge in [-0.3, -0.25) is 4.79 Å². The molecule has 11 heavy (non-hydrogen) atoms. The zero-order valence-electron chi connectivity index (χ0n) is 6.29. The highest BCUT2D eigenvalue weighted by Crippen LogP contribution is 2.02. The van der Waals surface area contributed by atoms with Gasteiger partial charge in [-0.25, -0.2) is 4.79 Å². The number of carbonyl (C=O) groups excluding carboxylic acids is 1. The highest BCUT2D eigenvalue weighted by atomic mass is 16.5. The van der Waals surface area contributed by atoms with Crippen molar-refractivity contribution in [1.82, 2.24) is 0 Å². The van der Waals surface area contributed by atoms with Crippen LogP contribution in [0, 0.1) is 0 Å². The third-order valence-corrected chi connectivity index (χ3v) is 1.16. The molecule has 0 atom stereocenters. The Balaban J connectivity index is 3.63. The van der Waals surface area contributed by atoms with Gasteiger partial charge in [-0.1, -0.05) is 6.58 Å². The lowest BCUT2D eigenvalue weighted by Gasteiger charge is -1.97. The van der Waals surface area contributed by atoms with Crippen LogP contribution < -0.4 is 0 Å². The van der Waals surface area contributed by atoms with Crippen LogP contribution in [-0.4, -0.2) is 24.2 Å². The number of rotatable bonds is 4. The van der Waals surface area contributed by atoms with Gasteiger partial charge in [-0.15, -0.1) is 0 Å². The number of ether oxygens (including phenoxy) is 1. The summed E-state index contributed by atoms with van der Waals surface area (Å²) in [6.07, 6.45) is 0.212. The minimum Gasteiger partial charge on any atom is -0.478 e. The van der Waals surface area contributed by atoms with Crippen molar-refractivity contribution in [2.45, 2.75) is 12.8 Å². The van der Waals surface area contributed by atoms with Gasteiger partial charge in [0.1, 0.15) is 0 Å². The van der Waals surface area contributed by atoms with Crippen molar-refractivity contribution in [3.05, 3.63) is 12.2 Å². The maximum Gasteiger partial charge on any atom is 0.330 e. The fourth-order valence-corrected chi connectivity index (χ4v) is 0.462. The molecule has 0 heterocycles. The van der Waals surface area contributed by atoms with Crippen LogP contribution in [0.3, 0.4) is 0 Å². The second kappa shape index (κ2) is 4.49. The van der Waals surface area contributed by atoms with Crippen LogP contribution in [0.5, 0.6) is 0 Å². The summed E-state index contributed by atoms with van der Waals surface area (Å²) < 4.78 is 4.31. The van der Waals surface area contributed by atoms with Crippen molar-refractivity contribution < 1.29 is 19.4 Å². The molecule has 0 aliphatic carbocycles. The quantitative estimate of drug-likeness (QED) is 0.480. The van der Waals surface area contributed by atoms with Crippen molar-refractivity contribution in [3.63, 3.8) is 0 Å². The molecule has 0 aromatic rings. The van der Waals surface area contributed by atoms with Crippen LogP contribution in [0.2, 0.25) is 0 Å². The molecule has 0 saturated carbocycles. The lowest BCUT2D eigenvalue weighted by atomic mass is 10.2. The molecular weight excluding hydrogens is 148 g/mol. The summed E-state index contributed by atoms with van der Waals surface area (Å²) in [7, 11) is 1.26. The van der Waals surface area contributed by atoms with E-state index in [9.17, 15) is 9.59 Å². The van der Waals surface area contributed by atoms with E-state index in [-0.39, 0.29) is 18.4 Å². The van der Waals surface area contributed by atoms with E-state index in [2.05, 4.69) is 11.3 Å². The predicted octanol–water partition coefficient (Wildman–Crippen LogP) is 0.580. The molecule has 0 amide bonds. The lowest BCUT2D eigenvalue weighted by Crippen LogP contribution is -2.04. The van der Waals surface area contributed by atoms with Crippen LogP contribution in [0.25, 0.3) is 0 Å². The van der Waals surface area contributed by atoms with Gasteiger partial charge >= 0.3 is 11.9 Å². The number of hydrogen-bond donors (Lipinski definition) is 1. The molecule has 0 aromatic carbocycles. The highest BCUT2D eigenvalue weighted by molar-refractivity contribution is 5.86. The number of methoxy groups -OCH3 is 1. The normalized spacial score (nSPS) is 8.82. The summed E-state index contributed by atoms with van der Waals surface area (Å²) in [5.41, 5.74) is 0.0235. The SMILES string of the molecule is C=C(CCC(=O)OC)C(=O)O. The zero-order chi connectivity index (χ0) is 8.85. The monoisotopic (exact) mass is 158 g/mol. The van der Waals surface area contributed by atoms with E-state index in [0.29, 0.717) is 0 Å². The van der Waals surface area contributed by atoms with Gasteiger partial charge in [-0.2, -0.15) is 0 Å². The van der Waals surface area contributed by atoms with Crippen LogP contribution in [0.4, 0.5) is 0 Å². The lowest BCUT2D eigenvalue weighted by molar-refractivity contribution is -0.140. The second-order valence-corrected chi connectivity index (χ2v) is 1.98. The van der Waals surface area contributed by atoms with Gasteiger partial charge in [0.15, 0.2) is 0 Å². The van der Waals surface area contributed by atoms with Gasteiger partial charge in [0, 0.05) is 12.0 Å². The summed E-state index contributed by atoms with van der Waals surface area (Å²) >= 11 is 0. The maximum absolute atomic E-state index is 10.5. The van der Waals surface area contributed by atoms with Crippen molar-refractivity contribution in [3.8, 4) is 0 Å². The standard InChI is InChI=1S/C7H10O4/c1-5(7(9)10)3-4-6(8)11-2/h1,3-4H2,2H3,(H,9,10). The Morgan fingerprint density at radius 3 is 2.36 bits per heavy atom. The molecule has 0 radical (unpaired) electrons. The Hall–Kier alpha value is -1.32. The fraction of sp³-hybridized carbons (Fsp3) is 0.429. The van der Waals surface area contributed by atoms with E-state index >= 15 is 0 Å². The van der Waals surface area contributed by atoms with E-state index in [1.54, 1.807) is 0 Å². The van der Waals surface area contributed by atoms with Crippen LogP contribution in [0.15, 0.2) is 12.2 Å². The molecule has 0 saturated heterocycles. The maximum atomic E-state index is 10.5. The number of carboxylic acid groups (broad SMARTS) is 1. The van der Waals surface area contributed by atoms with Crippen molar-refractivity contribution in [2.75, 3.05) is 7.11 Å². The summed E-state index contributed by atoms with van der Waals surface area (Å²) in [5, 5.41) is 8.32. The number of carbonyl (C=O) groups is 2. The third-order valence-electron chi connectivity index (χ3n) is 1.16. The molecule has 0 fully saturated rings. The molecule has 0 aliphatic heterocycles. The molecular formula is C7H10O4. The highest BCUT2D eigenvalue weighted by Gasteiger charge is 2.06. The van der Waals surface area contributed by atoms with Crippen molar-refractivity contribution in [2.24, 2.45) is 0 Å². The summed E-state index contributed by atoms with van der Waals surface area (Å²) in [4.78, 5) is 20.6. The van der Waals surface area contributed by atoms with Gasteiger partial charge in [-0.05, 0) is 6.42 Å². The fourth-order valence-electron chi connectivity index (χ4n) is 0.462. The first kappa shape index (κ1) is 9.68. The Labute approximate surface area is 64.5 Å².